The summed E-state index contributed by atoms with van der Waals surface area (Å²) in [5.41, 5.74) is 1.25. The fourth-order valence-corrected chi connectivity index (χ4v) is 2.73. The molecule has 21 heavy (non-hydrogen) atoms. The summed E-state index contributed by atoms with van der Waals surface area (Å²) >= 11 is 0. The van der Waals surface area contributed by atoms with E-state index in [0.717, 1.165) is 32.6 Å². The zero-order valence-electron chi connectivity index (χ0n) is 12.8. The SMILES string of the molecule is CC(C)CC[C@H](c1ccc(F)cc1)N1CCNCC1.Cl.Cl. The third kappa shape index (κ3) is 6.52. The van der Waals surface area contributed by atoms with Crippen molar-refractivity contribution in [2.75, 3.05) is 26.2 Å². The number of halogens is 3. The Labute approximate surface area is 140 Å². The third-order valence-corrected chi connectivity index (χ3v) is 3.86. The molecule has 0 aromatic heterocycles. The van der Waals surface area contributed by atoms with Crippen molar-refractivity contribution in [1.29, 1.82) is 0 Å². The van der Waals surface area contributed by atoms with Gasteiger partial charge in [0.15, 0.2) is 0 Å². The number of piperazine rings is 1. The van der Waals surface area contributed by atoms with E-state index in [-0.39, 0.29) is 30.6 Å². The molecule has 1 aromatic carbocycles. The van der Waals surface area contributed by atoms with E-state index in [1.54, 1.807) is 12.1 Å². The molecule has 0 saturated carbocycles. The normalized spacial score (nSPS) is 17.0. The lowest BCUT2D eigenvalue weighted by Crippen LogP contribution is -2.45. The second kappa shape index (κ2) is 10.4. The van der Waals surface area contributed by atoms with Gasteiger partial charge in [0.05, 0.1) is 0 Å². The highest BCUT2D eigenvalue weighted by molar-refractivity contribution is 5.85. The molecule has 2 nitrogen and oxygen atoms in total. The van der Waals surface area contributed by atoms with Gasteiger partial charge in [0.25, 0.3) is 0 Å². The van der Waals surface area contributed by atoms with Crippen molar-refractivity contribution < 1.29 is 4.39 Å². The highest BCUT2D eigenvalue weighted by Gasteiger charge is 2.22. The Hall–Kier alpha value is -0.350. The maximum atomic E-state index is 13.1. The van der Waals surface area contributed by atoms with Crippen LogP contribution in [0.4, 0.5) is 4.39 Å². The van der Waals surface area contributed by atoms with Gasteiger partial charge in [-0.2, -0.15) is 0 Å². The van der Waals surface area contributed by atoms with Crippen LogP contribution >= 0.6 is 24.8 Å². The Kier molecular flexibility index (Phi) is 10.2. The molecule has 0 amide bonds. The Morgan fingerprint density at radius 2 is 1.62 bits per heavy atom. The Bertz CT molecular complexity index is 378. The van der Waals surface area contributed by atoms with E-state index in [9.17, 15) is 4.39 Å². The van der Waals surface area contributed by atoms with E-state index in [2.05, 4.69) is 24.1 Å². The average Bonchev–Trinajstić information content (AvgIpc) is 2.42. The fourth-order valence-electron chi connectivity index (χ4n) is 2.73. The molecule has 5 heteroatoms. The first-order chi connectivity index (χ1) is 9.16. The van der Waals surface area contributed by atoms with E-state index >= 15 is 0 Å². The van der Waals surface area contributed by atoms with Crippen LogP contribution in [0.3, 0.4) is 0 Å². The minimum absolute atomic E-state index is 0. The van der Waals surface area contributed by atoms with Crippen LogP contribution in [-0.4, -0.2) is 31.1 Å². The third-order valence-electron chi connectivity index (χ3n) is 3.86. The smallest absolute Gasteiger partial charge is 0.123 e. The molecule has 2 rings (SSSR count). The second-order valence-corrected chi connectivity index (χ2v) is 5.82. The molecule has 1 aliphatic rings. The van der Waals surface area contributed by atoms with Crippen LogP contribution in [0.25, 0.3) is 0 Å². The van der Waals surface area contributed by atoms with E-state index < -0.39 is 0 Å². The van der Waals surface area contributed by atoms with E-state index in [0.29, 0.717) is 12.0 Å². The van der Waals surface area contributed by atoms with Crippen LogP contribution in [0.5, 0.6) is 0 Å². The van der Waals surface area contributed by atoms with Crippen LogP contribution in [0, 0.1) is 11.7 Å². The molecule has 122 valence electrons. The zero-order chi connectivity index (χ0) is 13.7. The molecule has 0 spiro atoms. The number of nitrogens with one attached hydrogen (secondary N) is 1. The molecule has 1 aliphatic heterocycles. The fraction of sp³-hybridized carbons (Fsp3) is 0.625. The topological polar surface area (TPSA) is 15.3 Å². The predicted octanol–water partition coefficient (Wildman–Crippen LogP) is 4.05. The quantitative estimate of drug-likeness (QED) is 0.872. The first kappa shape index (κ1) is 20.6. The van der Waals surface area contributed by atoms with Gasteiger partial charge in [-0.1, -0.05) is 26.0 Å². The second-order valence-electron chi connectivity index (χ2n) is 5.82. The Balaban J connectivity index is 0.00000200. The average molecular weight is 337 g/mol. The summed E-state index contributed by atoms with van der Waals surface area (Å²) in [4.78, 5) is 2.53. The van der Waals surface area contributed by atoms with Crippen LogP contribution in [-0.2, 0) is 0 Å². The highest BCUT2D eigenvalue weighted by atomic mass is 35.5. The number of benzene rings is 1. The molecule has 1 heterocycles. The first-order valence-corrected chi connectivity index (χ1v) is 7.37. The number of rotatable bonds is 5. The van der Waals surface area contributed by atoms with Gasteiger partial charge in [-0.15, -0.1) is 24.8 Å². The summed E-state index contributed by atoms with van der Waals surface area (Å²) in [6.07, 6.45) is 2.37. The summed E-state index contributed by atoms with van der Waals surface area (Å²) in [5, 5.41) is 3.39. The van der Waals surface area contributed by atoms with Gasteiger partial charge in [-0.05, 0) is 36.5 Å². The van der Waals surface area contributed by atoms with Gasteiger partial charge in [-0.3, -0.25) is 4.90 Å². The molecule has 0 aliphatic carbocycles. The van der Waals surface area contributed by atoms with Gasteiger partial charge in [0, 0.05) is 32.2 Å². The molecule has 0 bridgehead atoms. The summed E-state index contributed by atoms with van der Waals surface area (Å²) in [6, 6.07) is 7.50. The lowest BCUT2D eigenvalue weighted by atomic mass is 9.96. The van der Waals surface area contributed by atoms with Crippen molar-refractivity contribution in [3.05, 3.63) is 35.6 Å². The minimum atomic E-state index is -0.147. The van der Waals surface area contributed by atoms with Crippen LogP contribution < -0.4 is 5.32 Å². The minimum Gasteiger partial charge on any atom is -0.314 e. The Morgan fingerprint density at radius 3 is 2.14 bits per heavy atom. The maximum Gasteiger partial charge on any atom is 0.123 e. The molecule has 1 atom stereocenters. The van der Waals surface area contributed by atoms with Crippen molar-refractivity contribution in [3.63, 3.8) is 0 Å². The Morgan fingerprint density at radius 1 is 1.05 bits per heavy atom. The molecule has 0 unspecified atom stereocenters. The molecular weight excluding hydrogens is 310 g/mol. The molecule has 1 N–H and O–H groups in total. The number of hydrogen-bond acceptors (Lipinski definition) is 2. The van der Waals surface area contributed by atoms with E-state index in [4.69, 9.17) is 0 Å². The lowest BCUT2D eigenvalue weighted by molar-refractivity contribution is 0.159. The summed E-state index contributed by atoms with van der Waals surface area (Å²) in [6.45, 7) is 8.80. The number of hydrogen-bond donors (Lipinski definition) is 1. The first-order valence-electron chi connectivity index (χ1n) is 7.37. The van der Waals surface area contributed by atoms with Crippen molar-refractivity contribution >= 4 is 24.8 Å². The monoisotopic (exact) mass is 336 g/mol. The van der Waals surface area contributed by atoms with Crippen molar-refractivity contribution in [2.24, 2.45) is 5.92 Å². The van der Waals surface area contributed by atoms with Gasteiger partial charge in [-0.25, -0.2) is 4.39 Å². The standard InChI is InChI=1S/C16H25FN2.2ClH/c1-13(2)3-8-16(19-11-9-18-10-12-19)14-4-6-15(17)7-5-14;;/h4-7,13,16,18H,3,8-12H2,1-2H3;2*1H/t16-;;/m1../s1. The molecule has 0 radical (unpaired) electrons. The van der Waals surface area contributed by atoms with E-state index in [1.807, 2.05) is 12.1 Å². The van der Waals surface area contributed by atoms with Crippen molar-refractivity contribution in [2.45, 2.75) is 32.7 Å². The van der Waals surface area contributed by atoms with Crippen molar-refractivity contribution in [3.8, 4) is 0 Å². The van der Waals surface area contributed by atoms with Crippen LogP contribution in [0.15, 0.2) is 24.3 Å². The van der Waals surface area contributed by atoms with Crippen LogP contribution in [0.2, 0.25) is 0 Å². The van der Waals surface area contributed by atoms with E-state index in [1.165, 1.54) is 12.0 Å². The van der Waals surface area contributed by atoms with Crippen LogP contribution in [0.1, 0.15) is 38.3 Å². The number of nitrogens with zero attached hydrogens (tertiary/aromatic N) is 1. The van der Waals surface area contributed by atoms with Gasteiger partial charge >= 0.3 is 0 Å². The molecular formula is C16H27Cl2FN2. The summed E-state index contributed by atoms with van der Waals surface area (Å²) in [5.74, 6) is 0.567. The lowest BCUT2D eigenvalue weighted by Gasteiger charge is -2.35. The zero-order valence-corrected chi connectivity index (χ0v) is 14.5. The van der Waals surface area contributed by atoms with Gasteiger partial charge in [0.2, 0.25) is 0 Å². The highest BCUT2D eigenvalue weighted by Crippen LogP contribution is 2.27. The summed E-state index contributed by atoms with van der Waals surface area (Å²) < 4.78 is 13.1. The van der Waals surface area contributed by atoms with Gasteiger partial charge < -0.3 is 5.32 Å². The van der Waals surface area contributed by atoms with Gasteiger partial charge in [0.1, 0.15) is 5.82 Å². The molecule has 1 saturated heterocycles. The maximum absolute atomic E-state index is 13.1. The predicted molar refractivity (Wildman–Crippen MR) is 92.2 cm³/mol. The molecule has 1 aromatic rings. The summed E-state index contributed by atoms with van der Waals surface area (Å²) in [7, 11) is 0. The van der Waals surface area contributed by atoms with Crippen molar-refractivity contribution in [1.82, 2.24) is 10.2 Å². The molecule has 1 fully saturated rings. The largest absolute Gasteiger partial charge is 0.314 e.